The van der Waals surface area contributed by atoms with E-state index in [1.54, 1.807) is 0 Å². The van der Waals surface area contributed by atoms with Crippen molar-refractivity contribution >= 4 is 21.8 Å². The SMILES string of the molecule is Cn1c2c[c]ccc2c2ccccc21. The van der Waals surface area contributed by atoms with Crippen LogP contribution in [0.1, 0.15) is 0 Å². The minimum atomic E-state index is 1.24. The fraction of sp³-hybridized carbons (Fsp3) is 0.0769. The van der Waals surface area contributed by atoms with Gasteiger partial charge in [-0.2, -0.15) is 0 Å². The fourth-order valence-electron chi connectivity index (χ4n) is 2.05. The monoisotopic (exact) mass is 180 g/mol. The first kappa shape index (κ1) is 7.63. The van der Waals surface area contributed by atoms with Crippen LogP contribution in [0.15, 0.2) is 42.5 Å². The molecular formula is C13H10N. The first-order valence-electron chi connectivity index (χ1n) is 4.71. The van der Waals surface area contributed by atoms with Crippen molar-refractivity contribution in [1.82, 2.24) is 4.57 Å². The minimum absolute atomic E-state index is 1.24. The molecule has 0 aliphatic carbocycles. The Morgan fingerprint density at radius 2 is 1.79 bits per heavy atom. The van der Waals surface area contributed by atoms with Gasteiger partial charge in [0.25, 0.3) is 0 Å². The Hall–Kier alpha value is -1.76. The van der Waals surface area contributed by atoms with Crippen LogP contribution in [-0.2, 0) is 7.05 Å². The molecule has 0 bridgehead atoms. The second kappa shape index (κ2) is 2.61. The van der Waals surface area contributed by atoms with Gasteiger partial charge >= 0.3 is 0 Å². The molecule has 0 aliphatic heterocycles. The molecule has 0 amide bonds. The summed E-state index contributed by atoms with van der Waals surface area (Å²) in [5.41, 5.74) is 2.52. The zero-order valence-electron chi connectivity index (χ0n) is 7.99. The van der Waals surface area contributed by atoms with Gasteiger partial charge < -0.3 is 4.57 Å². The number of aromatic nitrogens is 1. The molecule has 0 aliphatic rings. The molecule has 0 atom stereocenters. The molecule has 1 heterocycles. The van der Waals surface area contributed by atoms with E-state index in [1.165, 1.54) is 21.8 Å². The van der Waals surface area contributed by atoms with Crippen LogP contribution in [0.3, 0.4) is 0 Å². The molecule has 1 nitrogen and oxygen atoms in total. The van der Waals surface area contributed by atoms with Crippen LogP contribution in [0, 0.1) is 6.07 Å². The van der Waals surface area contributed by atoms with Crippen molar-refractivity contribution in [3.63, 3.8) is 0 Å². The lowest BCUT2D eigenvalue weighted by Gasteiger charge is -1.95. The third kappa shape index (κ3) is 0.841. The molecule has 1 radical (unpaired) electrons. The second-order valence-corrected chi connectivity index (χ2v) is 3.52. The van der Waals surface area contributed by atoms with E-state index in [0.717, 1.165) is 0 Å². The van der Waals surface area contributed by atoms with Crippen LogP contribution in [0.25, 0.3) is 21.8 Å². The van der Waals surface area contributed by atoms with Crippen molar-refractivity contribution in [2.45, 2.75) is 0 Å². The van der Waals surface area contributed by atoms with Crippen molar-refractivity contribution in [1.29, 1.82) is 0 Å². The highest BCUT2D eigenvalue weighted by Gasteiger charge is 2.04. The van der Waals surface area contributed by atoms with E-state index in [4.69, 9.17) is 0 Å². The molecule has 0 saturated heterocycles. The summed E-state index contributed by atoms with van der Waals surface area (Å²) in [5.74, 6) is 0. The van der Waals surface area contributed by atoms with Crippen molar-refractivity contribution in [2.75, 3.05) is 0 Å². The van der Waals surface area contributed by atoms with Gasteiger partial charge in [-0.1, -0.05) is 30.3 Å². The van der Waals surface area contributed by atoms with Crippen molar-refractivity contribution in [3.05, 3.63) is 48.5 Å². The lowest BCUT2D eigenvalue weighted by molar-refractivity contribution is 1.01. The maximum Gasteiger partial charge on any atom is 0.0494 e. The van der Waals surface area contributed by atoms with Crippen LogP contribution in [0.2, 0.25) is 0 Å². The summed E-state index contributed by atoms with van der Waals surface area (Å²) >= 11 is 0. The summed E-state index contributed by atoms with van der Waals surface area (Å²) in [6, 6.07) is 17.7. The lowest BCUT2D eigenvalue weighted by atomic mass is 10.2. The third-order valence-electron chi connectivity index (χ3n) is 2.76. The average molecular weight is 180 g/mol. The zero-order valence-corrected chi connectivity index (χ0v) is 7.99. The van der Waals surface area contributed by atoms with Gasteiger partial charge in [0.15, 0.2) is 0 Å². The van der Waals surface area contributed by atoms with Crippen molar-refractivity contribution < 1.29 is 0 Å². The molecule has 2 aromatic carbocycles. The summed E-state index contributed by atoms with van der Waals surface area (Å²) in [7, 11) is 2.10. The predicted octanol–water partition coefficient (Wildman–Crippen LogP) is 3.13. The highest BCUT2D eigenvalue weighted by molar-refractivity contribution is 6.07. The Balaban J connectivity index is 2.69. The number of para-hydroxylation sites is 1. The smallest absolute Gasteiger partial charge is 0.0494 e. The predicted molar refractivity (Wildman–Crippen MR) is 59.3 cm³/mol. The van der Waals surface area contributed by atoms with Gasteiger partial charge in [-0.3, -0.25) is 0 Å². The number of fused-ring (bicyclic) bond motifs is 3. The molecule has 1 aromatic heterocycles. The first-order valence-corrected chi connectivity index (χ1v) is 4.71. The van der Waals surface area contributed by atoms with E-state index in [1.807, 2.05) is 12.1 Å². The van der Waals surface area contributed by atoms with Crippen molar-refractivity contribution in [3.8, 4) is 0 Å². The number of hydrogen-bond acceptors (Lipinski definition) is 0. The molecular weight excluding hydrogens is 170 g/mol. The van der Waals surface area contributed by atoms with Gasteiger partial charge in [-0.05, 0) is 18.2 Å². The number of aryl methyl sites for hydroxylation is 1. The summed E-state index contributed by atoms with van der Waals surface area (Å²) in [6.45, 7) is 0. The van der Waals surface area contributed by atoms with Crippen LogP contribution in [-0.4, -0.2) is 4.57 Å². The maximum atomic E-state index is 3.12. The van der Waals surface area contributed by atoms with E-state index in [2.05, 4.69) is 48.0 Å². The number of nitrogens with zero attached hydrogens (tertiary/aromatic N) is 1. The summed E-state index contributed by atoms with van der Waals surface area (Å²) in [4.78, 5) is 0. The zero-order chi connectivity index (χ0) is 9.54. The fourth-order valence-corrected chi connectivity index (χ4v) is 2.05. The van der Waals surface area contributed by atoms with Gasteiger partial charge in [0, 0.05) is 28.9 Å². The average Bonchev–Trinajstić information content (AvgIpc) is 2.55. The molecule has 0 saturated carbocycles. The number of rotatable bonds is 0. The molecule has 0 spiro atoms. The summed E-state index contributed by atoms with van der Waals surface area (Å²) in [6.07, 6.45) is 0. The molecule has 0 N–H and O–H groups in total. The molecule has 3 aromatic rings. The molecule has 14 heavy (non-hydrogen) atoms. The van der Waals surface area contributed by atoms with Crippen LogP contribution in [0.5, 0.6) is 0 Å². The lowest BCUT2D eigenvalue weighted by Crippen LogP contribution is -1.84. The van der Waals surface area contributed by atoms with Crippen LogP contribution >= 0.6 is 0 Å². The minimum Gasteiger partial charge on any atom is -0.344 e. The third-order valence-corrected chi connectivity index (χ3v) is 2.76. The summed E-state index contributed by atoms with van der Waals surface area (Å²) in [5, 5.41) is 2.63. The topological polar surface area (TPSA) is 4.93 Å². The molecule has 67 valence electrons. The normalized spacial score (nSPS) is 11.2. The quantitative estimate of drug-likeness (QED) is 0.501. The van der Waals surface area contributed by atoms with Gasteiger partial charge in [-0.15, -0.1) is 0 Å². The first-order chi connectivity index (χ1) is 6.88. The summed E-state index contributed by atoms with van der Waals surface area (Å²) < 4.78 is 2.21. The maximum absolute atomic E-state index is 3.12. The van der Waals surface area contributed by atoms with E-state index < -0.39 is 0 Å². The van der Waals surface area contributed by atoms with Crippen molar-refractivity contribution in [2.24, 2.45) is 7.05 Å². The van der Waals surface area contributed by atoms with E-state index in [-0.39, 0.29) is 0 Å². The second-order valence-electron chi connectivity index (χ2n) is 3.52. The molecule has 0 unspecified atom stereocenters. The highest BCUT2D eigenvalue weighted by Crippen LogP contribution is 2.26. The Morgan fingerprint density at radius 3 is 2.71 bits per heavy atom. The molecule has 3 rings (SSSR count). The molecule has 1 heteroatoms. The van der Waals surface area contributed by atoms with E-state index >= 15 is 0 Å². The Bertz CT molecular complexity index is 551. The van der Waals surface area contributed by atoms with Gasteiger partial charge in [0.1, 0.15) is 0 Å². The highest BCUT2D eigenvalue weighted by atomic mass is 14.9. The van der Waals surface area contributed by atoms with Gasteiger partial charge in [-0.25, -0.2) is 0 Å². The van der Waals surface area contributed by atoms with E-state index in [9.17, 15) is 0 Å². The largest absolute Gasteiger partial charge is 0.344 e. The van der Waals surface area contributed by atoms with Gasteiger partial charge in [0.05, 0.1) is 0 Å². The Labute approximate surface area is 82.6 Å². The standard InChI is InChI=1S/C13H10N/c1-14-12-8-4-2-6-10(12)11-7-3-5-9-13(11)14/h2-4,6-9H,1H3. The Kier molecular flexibility index (Phi) is 1.42. The van der Waals surface area contributed by atoms with Crippen LogP contribution < -0.4 is 0 Å². The number of benzene rings is 2. The Morgan fingerprint density at radius 1 is 1.00 bits per heavy atom. The van der Waals surface area contributed by atoms with Gasteiger partial charge in [0.2, 0.25) is 0 Å². The molecule has 0 fully saturated rings. The number of hydrogen-bond donors (Lipinski definition) is 0. The van der Waals surface area contributed by atoms with Crippen LogP contribution in [0.4, 0.5) is 0 Å². The van der Waals surface area contributed by atoms with E-state index in [0.29, 0.717) is 0 Å².